The molecule has 0 spiro atoms. The smallest absolute Gasteiger partial charge is 0.244 e. The first kappa shape index (κ1) is 14.6. The molecule has 1 aliphatic rings. The molecular weight excluding hydrogens is 266 g/mol. The van der Waals surface area contributed by atoms with Crippen LogP contribution in [-0.2, 0) is 16.6 Å². The molecule has 0 aliphatic heterocycles. The Hall–Kier alpha value is -0.850. The van der Waals surface area contributed by atoms with E-state index >= 15 is 0 Å². The van der Waals surface area contributed by atoms with E-state index in [1.54, 1.807) is 13.8 Å². The summed E-state index contributed by atoms with van der Waals surface area (Å²) in [4.78, 5) is 0.104. The molecule has 0 radical (unpaired) electrons. The van der Waals surface area contributed by atoms with Gasteiger partial charge in [0.15, 0.2) is 0 Å². The van der Waals surface area contributed by atoms with Crippen LogP contribution in [0.15, 0.2) is 9.31 Å². The Bertz CT molecular complexity index is 561. The van der Waals surface area contributed by atoms with Gasteiger partial charge in [0.05, 0.1) is 6.61 Å². The fourth-order valence-electron chi connectivity index (χ4n) is 2.84. The minimum atomic E-state index is -3.62. The number of aryl methyl sites for hydroxylation is 2. The van der Waals surface area contributed by atoms with Gasteiger partial charge < -0.3 is 9.52 Å². The lowest BCUT2D eigenvalue weighted by molar-refractivity contribution is 0.276. The van der Waals surface area contributed by atoms with Gasteiger partial charge in [-0.3, -0.25) is 0 Å². The molecule has 1 aromatic rings. The van der Waals surface area contributed by atoms with Crippen molar-refractivity contribution in [3.63, 3.8) is 0 Å². The van der Waals surface area contributed by atoms with Crippen molar-refractivity contribution in [3.8, 4) is 0 Å². The van der Waals surface area contributed by atoms with E-state index in [-0.39, 0.29) is 17.5 Å². The number of rotatable bonds is 4. The zero-order valence-electron chi connectivity index (χ0n) is 11.6. The number of sulfonamides is 1. The van der Waals surface area contributed by atoms with E-state index in [4.69, 9.17) is 4.42 Å². The molecule has 0 bridgehead atoms. The molecule has 2 N–H and O–H groups in total. The highest BCUT2D eigenvalue weighted by Crippen LogP contribution is 2.29. The van der Waals surface area contributed by atoms with Gasteiger partial charge in [0.2, 0.25) is 10.0 Å². The molecule has 2 atom stereocenters. The predicted octanol–water partition coefficient (Wildman–Crippen LogP) is 1.86. The van der Waals surface area contributed by atoms with Crippen LogP contribution in [0.4, 0.5) is 0 Å². The zero-order valence-corrected chi connectivity index (χ0v) is 12.4. The molecule has 0 saturated heterocycles. The van der Waals surface area contributed by atoms with E-state index in [2.05, 4.69) is 11.6 Å². The first-order valence-electron chi connectivity index (χ1n) is 6.57. The van der Waals surface area contributed by atoms with Crippen LogP contribution in [0.25, 0.3) is 0 Å². The van der Waals surface area contributed by atoms with E-state index in [0.29, 0.717) is 23.0 Å². The molecule has 1 fully saturated rings. The van der Waals surface area contributed by atoms with Crippen LogP contribution in [0.3, 0.4) is 0 Å². The average Bonchev–Trinajstić information content (AvgIpc) is 2.81. The summed E-state index contributed by atoms with van der Waals surface area (Å²) < 4.78 is 32.9. The minimum absolute atomic E-state index is 0.0128. The summed E-state index contributed by atoms with van der Waals surface area (Å²) in [6.45, 7) is 5.06. The fraction of sp³-hybridized carbons (Fsp3) is 0.692. The molecular formula is C13H21NO4S. The van der Waals surface area contributed by atoms with Crippen LogP contribution >= 0.6 is 0 Å². The number of hydrogen-bond donors (Lipinski definition) is 2. The van der Waals surface area contributed by atoms with Gasteiger partial charge in [0.25, 0.3) is 0 Å². The SMILES string of the molecule is Cc1oc(C)c(S(=O)(=O)NC2CCC(C)C2)c1CO. The lowest BCUT2D eigenvalue weighted by Gasteiger charge is -2.13. The standard InChI is InChI=1S/C13H21NO4S/c1-8-4-5-11(6-8)14-19(16,17)13-10(3)18-9(2)12(13)7-15/h8,11,14-15H,4-7H2,1-3H3. The third kappa shape index (κ3) is 2.85. The highest BCUT2D eigenvalue weighted by atomic mass is 32.2. The van der Waals surface area contributed by atoms with Crippen molar-refractivity contribution in [1.29, 1.82) is 0 Å². The molecule has 1 aliphatic carbocycles. The Labute approximate surface area is 114 Å². The first-order valence-corrected chi connectivity index (χ1v) is 8.05. The van der Waals surface area contributed by atoms with Crippen LogP contribution in [0.2, 0.25) is 0 Å². The summed E-state index contributed by atoms with van der Waals surface area (Å²) in [6, 6.07) is -0.0128. The van der Waals surface area contributed by atoms with Gasteiger partial charge in [-0.2, -0.15) is 0 Å². The topological polar surface area (TPSA) is 79.5 Å². The quantitative estimate of drug-likeness (QED) is 0.886. The highest BCUT2D eigenvalue weighted by molar-refractivity contribution is 7.89. The van der Waals surface area contributed by atoms with E-state index in [1.165, 1.54) is 0 Å². The van der Waals surface area contributed by atoms with Gasteiger partial charge in [-0.15, -0.1) is 0 Å². The maximum Gasteiger partial charge on any atom is 0.244 e. The van der Waals surface area contributed by atoms with Crippen LogP contribution < -0.4 is 4.72 Å². The van der Waals surface area contributed by atoms with Crippen molar-refractivity contribution in [3.05, 3.63) is 17.1 Å². The van der Waals surface area contributed by atoms with E-state index in [9.17, 15) is 13.5 Å². The van der Waals surface area contributed by atoms with Crippen molar-refractivity contribution in [2.45, 2.75) is 57.6 Å². The summed E-state index contributed by atoms with van der Waals surface area (Å²) in [5.74, 6) is 1.34. The number of nitrogens with one attached hydrogen (secondary N) is 1. The second-order valence-electron chi connectivity index (χ2n) is 5.42. The van der Waals surface area contributed by atoms with Crippen LogP contribution in [0, 0.1) is 19.8 Å². The summed E-state index contributed by atoms with van der Waals surface area (Å²) in [7, 11) is -3.62. The Morgan fingerprint density at radius 3 is 2.53 bits per heavy atom. The van der Waals surface area contributed by atoms with Gasteiger partial charge in [-0.25, -0.2) is 13.1 Å². The Balaban J connectivity index is 2.29. The molecule has 0 aromatic carbocycles. The van der Waals surface area contributed by atoms with Crippen molar-refractivity contribution in [2.24, 2.45) is 5.92 Å². The third-order valence-corrected chi connectivity index (χ3v) is 5.48. The summed E-state index contributed by atoms with van der Waals surface area (Å²) in [5.41, 5.74) is 0.357. The summed E-state index contributed by atoms with van der Waals surface area (Å²) in [6.07, 6.45) is 2.78. The number of aliphatic hydroxyl groups excluding tert-OH is 1. The van der Waals surface area contributed by atoms with Crippen molar-refractivity contribution in [1.82, 2.24) is 4.72 Å². The molecule has 108 valence electrons. The van der Waals surface area contributed by atoms with Crippen molar-refractivity contribution in [2.75, 3.05) is 0 Å². The third-order valence-electron chi connectivity index (χ3n) is 3.77. The Kier molecular flexibility index (Phi) is 4.03. The van der Waals surface area contributed by atoms with E-state index < -0.39 is 10.0 Å². The molecule has 2 rings (SSSR count). The largest absolute Gasteiger partial charge is 0.465 e. The second kappa shape index (κ2) is 5.26. The molecule has 1 aromatic heterocycles. The normalized spacial score (nSPS) is 24.0. The van der Waals surface area contributed by atoms with Crippen molar-refractivity contribution < 1.29 is 17.9 Å². The maximum atomic E-state index is 12.4. The lowest BCUT2D eigenvalue weighted by atomic mass is 10.1. The highest BCUT2D eigenvalue weighted by Gasteiger charge is 2.31. The summed E-state index contributed by atoms with van der Waals surface area (Å²) in [5, 5.41) is 9.33. The van der Waals surface area contributed by atoms with Crippen LogP contribution in [0.5, 0.6) is 0 Å². The van der Waals surface area contributed by atoms with E-state index in [1.807, 2.05) is 0 Å². The molecule has 2 unspecified atom stereocenters. The fourth-order valence-corrected chi connectivity index (χ4v) is 4.56. The van der Waals surface area contributed by atoms with E-state index in [0.717, 1.165) is 19.3 Å². The van der Waals surface area contributed by atoms with Crippen LogP contribution in [-0.4, -0.2) is 19.6 Å². The van der Waals surface area contributed by atoms with Gasteiger partial charge in [0.1, 0.15) is 16.4 Å². The summed E-state index contributed by atoms with van der Waals surface area (Å²) >= 11 is 0. The van der Waals surface area contributed by atoms with Crippen LogP contribution in [0.1, 0.15) is 43.3 Å². The zero-order chi connectivity index (χ0) is 14.2. The van der Waals surface area contributed by atoms with Gasteiger partial charge in [-0.05, 0) is 39.0 Å². The molecule has 6 heteroatoms. The molecule has 19 heavy (non-hydrogen) atoms. The molecule has 5 nitrogen and oxygen atoms in total. The van der Waals surface area contributed by atoms with Gasteiger partial charge in [-0.1, -0.05) is 6.92 Å². The minimum Gasteiger partial charge on any atom is -0.465 e. The molecule has 1 heterocycles. The second-order valence-corrected chi connectivity index (χ2v) is 7.07. The van der Waals surface area contributed by atoms with Crippen molar-refractivity contribution >= 4 is 10.0 Å². The number of aliphatic hydroxyl groups is 1. The lowest BCUT2D eigenvalue weighted by Crippen LogP contribution is -2.33. The number of hydrogen-bond acceptors (Lipinski definition) is 4. The average molecular weight is 287 g/mol. The number of furan rings is 1. The Morgan fingerprint density at radius 2 is 2.00 bits per heavy atom. The molecule has 0 amide bonds. The van der Waals surface area contributed by atoms with Gasteiger partial charge >= 0.3 is 0 Å². The Morgan fingerprint density at radius 1 is 1.32 bits per heavy atom. The first-order chi connectivity index (χ1) is 8.85. The monoisotopic (exact) mass is 287 g/mol. The maximum absolute atomic E-state index is 12.4. The molecule has 1 saturated carbocycles. The van der Waals surface area contributed by atoms with Gasteiger partial charge in [0, 0.05) is 11.6 Å². The predicted molar refractivity (Wildman–Crippen MR) is 71.2 cm³/mol.